The van der Waals surface area contributed by atoms with Gasteiger partial charge in [0.05, 0.1) is 0 Å². The first-order chi connectivity index (χ1) is 9.01. The summed E-state index contributed by atoms with van der Waals surface area (Å²) in [6.45, 7) is 7.11. The van der Waals surface area contributed by atoms with Gasteiger partial charge in [-0.15, -0.1) is 11.6 Å². The van der Waals surface area contributed by atoms with E-state index in [2.05, 4.69) is 28.2 Å². The average Bonchev–Trinajstić information content (AvgIpc) is 2.36. The van der Waals surface area contributed by atoms with Crippen LogP contribution >= 0.6 is 11.9 Å². The number of nitrogens with one attached hydrogen (secondary N) is 2. The summed E-state index contributed by atoms with van der Waals surface area (Å²) in [7, 11) is 3.08. The van der Waals surface area contributed by atoms with E-state index in [9.17, 15) is 9.59 Å². The Kier molecular flexibility index (Phi) is 8.98. The van der Waals surface area contributed by atoms with Gasteiger partial charge in [-0.2, -0.15) is 0 Å². The van der Waals surface area contributed by atoms with E-state index in [4.69, 9.17) is 4.74 Å². The molecule has 0 atom stereocenters. The van der Waals surface area contributed by atoms with Gasteiger partial charge >= 0.3 is 18.1 Å². The van der Waals surface area contributed by atoms with Crippen molar-refractivity contribution < 1.29 is 14.3 Å². The highest BCUT2D eigenvalue weighted by atomic mass is 32.2. The van der Waals surface area contributed by atoms with Crippen molar-refractivity contribution >= 4 is 30.0 Å². The molecule has 0 saturated carbocycles. The van der Waals surface area contributed by atoms with E-state index in [-0.39, 0.29) is 12.6 Å². The summed E-state index contributed by atoms with van der Waals surface area (Å²) in [5.74, 6) is 0.560. The third-order valence-corrected chi connectivity index (χ3v) is 2.24. The molecule has 0 saturated heterocycles. The van der Waals surface area contributed by atoms with Gasteiger partial charge in [0.1, 0.15) is 6.61 Å². The molecule has 0 heterocycles. The summed E-state index contributed by atoms with van der Waals surface area (Å²) in [6.07, 6.45) is 3.12. The van der Waals surface area contributed by atoms with Crippen molar-refractivity contribution in [3.63, 3.8) is 0 Å². The van der Waals surface area contributed by atoms with E-state index in [1.807, 2.05) is 0 Å². The summed E-state index contributed by atoms with van der Waals surface area (Å²) in [5.41, 5.74) is 0. The predicted octanol–water partition coefficient (Wildman–Crippen LogP) is 1.36. The second-order valence-electron chi connectivity index (χ2n) is 3.35. The second kappa shape index (κ2) is 10.0. The summed E-state index contributed by atoms with van der Waals surface area (Å²) in [4.78, 5) is 27.7. The van der Waals surface area contributed by atoms with E-state index in [1.165, 1.54) is 25.1 Å². The molecule has 19 heavy (non-hydrogen) atoms. The Hall–Kier alpha value is -1.96. The van der Waals surface area contributed by atoms with Gasteiger partial charge in [-0.1, -0.05) is 18.7 Å². The van der Waals surface area contributed by atoms with Gasteiger partial charge in [0, 0.05) is 19.8 Å². The minimum Gasteiger partial charge on any atom is -0.460 e. The topological polar surface area (TPSA) is 83.0 Å². The van der Waals surface area contributed by atoms with Crippen LogP contribution in [0.4, 0.5) is 9.59 Å². The lowest BCUT2D eigenvalue weighted by molar-refractivity contribution is 0.225. The van der Waals surface area contributed by atoms with Crippen LogP contribution in [0.1, 0.15) is 0 Å². The minimum absolute atomic E-state index is 0.125. The van der Waals surface area contributed by atoms with Crippen LogP contribution in [-0.2, 0) is 4.74 Å². The van der Waals surface area contributed by atoms with Gasteiger partial charge in [0.2, 0.25) is 0 Å². The highest BCUT2D eigenvalue weighted by Crippen LogP contribution is 1.93. The fourth-order valence-electron chi connectivity index (χ4n) is 0.710. The quantitative estimate of drug-likeness (QED) is 0.263. The molecule has 7 nitrogen and oxygen atoms in total. The van der Waals surface area contributed by atoms with E-state index >= 15 is 0 Å². The van der Waals surface area contributed by atoms with Crippen LogP contribution in [0.5, 0.6) is 0 Å². The lowest BCUT2D eigenvalue weighted by Gasteiger charge is -2.11. The minimum atomic E-state index is -0.543. The summed E-state index contributed by atoms with van der Waals surface area (Å²) in [5, 5.41) is 2.32. The Morgan fingerprint density at radius 2 is 2.05 bits per heavy atom. The van der Waals surface area contributed by atoms with Crippen LogP contribution in [0.2, 0.25) is 0 Å². The molecule has 0 aromatic heterocycles. The van der Waals surface area contributed by atoms with Gasteiger partial charge < -0.3 is 9.64 Å². The first-order valence-electron chi connectivity index (χ1n) is 5.34. The van der Waals surface area contributed by atoms with Crippen LogP contribution in [-0.4, -0.2) is 49.4 Å². The number of aliphatic imine (C=N–C) groups is 1. The first-order valence-corrected chi connectivity index (χ1v) is 6.33. The Morgan fingerprint density at radius 3 is 2.58 bits per heavy atom. The number of nitrogens with zero attached hydrogens (tertiary/aromatic N) is 2. The van der Waals surface area contributed by atoms with E-state index in [0.717, 1.165) is 11.9 Å². The smallest absolute Gasteiger partial charge is 0.347 e. The molecule has 4 amide bonds. The van der Waals surface area contributed by atoms with Crippen molar-refractivity contribution in [1.29, 1.82) is 0 Å². The molecule has 0 unspecified atom stereocenters. The second-order valence-corrected chi connectivity index (χ2v) is 4.18. The molecule has 2 N–H and O–H groups in total. The maximum Gasteiger partial charge on any atom is 0.347 e. The van der Waals surface area contributed by atoms with Gasteiger partial charge in [0.15, 0.2) is 0 Å². The Morgan fingerprint density at radius 1 is 1.37 bits per heavy atom. The van der Waals surface area contributed by atoms with Gasteiger partial charge in [-0.25, -0.2) is 9.59 Å². The number of hydrogen-bond acceptors (Lipinski definition) is 4. The standard InChI is InChI=1S/C11H18N4O3S/c1-5-7-18-10(13-11(17)15(3)4)12-9(16)14-19-8-6-2/h5-6H,1-2,7-8H2,3-4H3,(H2,12,13,14,16,17). The fourth-order valence-corrected chi connectivity index (χ4v) is 1.09. The zero-order chi connectivity index (χ0) is 14.7. The molecule has 0 bridgehead atoms. The van der Waals surface area contributed by atoms with Crippen LogP contribution in [0.3, 0.4) is 0 Å². The molecule has 0 aromatic rings. The number of carbonyl (C=O) groups is 2. The van der Waals surface area contributed by atoms with Gasteiger partial charge in [-0.3, -0.25) is 10.0 Å². The Bertz CT molecular complexity index is 369. The van der Waals surface area contributed by atoms with Crippen LogP contribution < -0.4 is 10.0 Å². The third kappa shape index (κ3) is 8.72. The largest absolute Gasteiger partial charge is 0.460 e. The normalized spacial score (nSPS) is 10.3. The molecule has 0 rings (SSSR count). The van der Waals surface area contributed by atoms with E-state index in [1.54, 1.807) is 6.08 Å². The molecule has 0 aromatic carbocycles. The van der Waals surface area contributed by atoms with Crippen molar-refractivity contribution in [3.05, 3.63) is 25.3 Å². The van der Waals surface area contributed by atoms with E-state index in [0.29, 0.717) is 5.75 Å². The molecule has 106 valence electrons. The maximum absolute atomic E-state index is 11.5. The Balaban J connectivity index is 4.49. The molecule has 0 spiro atoms. The molecule has 0 radical (unpaired) electrons. The van der Waals surface area contributed by atoms with Crippen LogP contribution in [0.25, 0.3) is 0 Å². The molecular formula is C11H18N4O3S. The maximum atomic E-state index is 11.5. The average molecular weight is 286 g/mol. The number of rotatable bonds is 5. The first kappa shape index (κ1) is 17.0. The fraction of sp³-hybridized carbons (Fsp3) is 0.364. The lowest BCUT2D eigenvalue weighted by Crippen LogP contribution is -2.39. The molecule has 0 aliphatic rings. The van der Waals surface area contributed by atoms with Crippen LogP contribution in [0.15, 0.2) is 30.3 Å². The molecule has 0 aliphatic heterocycles. The molecule has 0 fully saturated rings. The third-order valence-electron chi connectivity index (χ3n) is 1.50. The summed E-state index contributed by atoms with van der Waals surface area (Å²) >= 11 is 1.15. The zero-order valence-electron chi connectivity index (χ0n) is 11.0. The van der Waals surface area contributed by atoms with Crippen molar-refractivity contribution in [3.8, 4) is 0 Å². The summed E-state index contributed by atoms with van der Waals surface area (Å²) in [6, 6.07) is -1.27. The highest BCUT2D eigenvalue weighted by Gasteiger charge is 2.10. The number of carbonyl (C=O) groups excluding carboxylic acids is 2. The highest BCUT2D eigenvalue weighted by molar-refractivity contribution is 7.98. The predicted molar refractivity (Wildman–Crippen MR) is 77.0 cm³/mol. The van der Waals surface area contributed by atoms with Crippen molar-refractivity contribution in [2.24, 2.45) is 4.99 Å². The number of amidine groups is 1. The van der Waals surface area contributed by atoms with Crippen molar-refractivity contribution in [2.45, 2.75) is 0 Å². The number of urea groups is 2. The molecule has 8 heteroatoms. The van der Waals surface area contributed by atoms with Crippen molar-refractivity contribution in [1.82, 2.24) is 14.9 Å². The zero-order valence-corrected chi connectivity index (χ0v) is 11.8. The van der Waals surface area contributed by atoms with Crippen molar-refractivity contribution in [2.75, 3.05) is 26.5 Å². The summed E-state index contributed by atoms with van der Waals surface area (Å²) < 4.78 is 7.55. The van der Waals surface area contributed by atoms with E-state index < -0.39 is 12.1 Å². The molecular weight excluding hydrogens is 268 g/mol. The lowest BCUT2D eigenvalue weighted by atomic mass is 10.7. The number of ether oxygens (including phenoxy) is 1. The van der Waals surface area contributed by atoms with Gasteiger partial charge in [-0.05, 0) is 11.9 Å². The van der Waals surface area contributed by atoms with Crippen LogP contribution in [0, 0.1) is 0 Å². The monoisotopic (exact) mass is 286 g/mol. The Labute approximate surface area is 116 Å². The number of amides is 4. The SMILES string of the molecule is C=CCOC(=NC(=O)N(C)C)NC(=O)NSCC=C. The van der Waals surface area contributed by atoms with Gasteiger partial charge in [0.25, 0.3) is 0 Å². The molecule has 0 aliphatic carbocycles. The number of hydrogen-bond donors (Lipinski definition) is 2.